The molecule has 3 nitrogen and oxygen atoms in total. The molecule has 0 unspecified atom stereocenters. The Labute approximate surface area is 166 Å². The SMILES string of the molecule is Cc1c(C=NC23CC4CC(CC(C4)C2)C3)[nH]c(-c2cc3ccccc3[nH]2)c1C. The number of hydrogen-bond donors (Lipinski definition) is 2. The highest BCUT2D eigenvalue weighted by molar-refractivity contribution is 5.88. The van der Waals surface area contributed by atoms with Crippen molar-refractivity contribution < 1.29 is 0 Å². The Morgan fingerprint density at radius 3 is 2.29 bits per heavy atom. The number of nitrogens with one attached hydrogen (secondary N) is 2. The second-order valence-corrected chi connectivity index (χ2v) is 9.83. The van der Waals surface area contributed by atoms with Gasteiger partial charge in [0.25, 0.3) is 0 Å². The molecule has 0 aliphatic heterocycles. The van der Waals surface area contributed by atoms with E-state index in [0.717, 1.165) is 23.4 Å². The fourth-order valence-corrected chi connectivity index (χ4v) is 6.74. The lowest BCUT2D eigenvalue weighted by Gasteiger charge is -2.54. The normalized spacial score (nSPS) is 31.4. The second-order valence-electron chi connectivity index (χ2n) is 9.83. The van der Waals surface area contributed by atoms with Crippen LogP contribution in [0.5, 0.6) is 0 Å². The molecular weight excluding hydrogens is 342 g/mol. The minimum Gasteiger partial charge on any atom is -0.353 e. The molecular formula is C25H29N3. The van der Waals surface area contributed by atoms with E-state index in [4.69, 9.17) is 4.99 Å². The number of hydrogen-bond acceptors (Lipinski definition) is 1. The molecule has 2 aromatic heterocycles. The van der Waals surface area contributed by atoms with Crippen molar-refractivity contribution >= 4 is 17.1 Å². The summed E-state index contributed by atoms with van der Waals surface area (Å²) in [5.41, 5.74) is 7.61. The Hall–Kier alpha value is -2.29. The number of nitrogens with zero attached hydrogens (tertiary/aromatic N) is 1. The third-order valence-corrected chi connectivity index (χ3v) is 7.87. The molecule has 1 aromatic carbocycles. The lowest BCUT2D eigenvalue weighted by Crippen LogP contribution is -2.49. The zero-order chi connectivity index (χ0) is 18.9. The Kier molecular flexibility index (Phi) is 3.48. The van der Waals surface area contributed by atoms with E-state index in [2.05, 4.69) is 60.4 Å². The molecule has 3 aromatic rings. The summed E-state index contributed by atoms with van der Waals surface area (Å²) in [4.78, 5) is 12.5. The van der Waals surface area contributed by atoms with Crippen molar-refractivity contribution in [2.24, 2.45) is 22.7 Å². The molecule has 144 valence electrons. The monoisotopic (exact) mass is 371 g/mol. The summed E-state index contributed by atoms with van der Waals surface area (Å²) < 4.78 is 0. The number of para-hydroxylation sites is 1. The maximum atomic E-state index is 5.27. The fraction of sp³-hybridized carbons (Fsp3) is 0.480. The van der Waals surface area contributed by atoms with Crippen LogP contribution in [-0.4, -0.2) is 21.7 Å². The van der Waals surface area contributed by atoms with Gasteiger partial charge in [-0.05, 0) is 93.4 Å². The van der Waals surface area contributed by atoms with Gasteiger partial charge in [-0.1, -0.05) is 18.2 Å². The Morgan fingerprint density at radius 2 is 1.61 bits per heavy atom. The number of benzene rings is 1. The highest BCUT2D eigenvalue weighted by Crippen LogP contribution is 2.57. The van der Waals surface area contributed by atoms with E-state index in [0.29, 0.717) is 0 Å². The summed E-state index contributed by atoms with van der Waals surface area (Å²) >= 11 is 0. The van der Waals surface area contributed by atoms with Crippen LogP contribution in [0.4, 0.5) is 0 Å². The molecule has 0 spiro atoms. The summed E-state index contributed by atoms with van der Waals surface area (Å²) in [7, 11) is 0. The second kappa shape index (κ2) is 5.85. The average Bonchev–Trinajstić information content (AvgIpc) is 3.21. The van der Waals surface area contributed by atoms with E-state index in [9.17, 15) is 0 Å². The molecule has 3 heteroatoms. The molecule has 0 amide bonds. The van der Waals surface area contributed by atoms with Crippen molar-refractivity contribution in [2.75, 3.05) is 0 Å². The lowest BCUT2D eigenvalue weighted by atomic mass is 9.53. The third kappa shape index (κ3) is 2.52. The minimum absolute atomic E-state index is 0.238. The third-order valence-electron chi connectivity index (χ3n) is 7.87. The van der Waals surface area contributed by atoms with Gasteiger partial charge in [0.2, 0.25) is 0 Å². The molecule has 4 aliphatic rings. The van der Waals surface area contributed by atoms with Crippen LogP contribution < -0.4 is 0 Å². The summed E-state index contributed by atoms with van der Waals surface area (Å²) in [6.45, 7) is 4.44. The lowest BCUT2D eigenvalue weighted by molar-refractivity contribution is 0.00194. The van der Waals surface area contributed by atoms with Gasteiger partial charge in [0.05, 0.1) is 22.6 Å². The van der Waals surface area contributed by atoms with Crippen LogP contribution in [-0.2, 0) is 0 Å². The van der Waals surface area contributed by atoms with Gasteiger partial charge in [-0.25, -0.2) is 0 Å². The number of aliphatic imine (C=N–C) groups is 1. The minimum atomic E-state index is 0.238. The van der Waals surface area contributed by atoms with Crippen LogP contribution >= 0.6 is 0 Å². The predicted molar refractivity (Wildman–Crippen MR) is 116 cm³/mol. The first-order valence-electron chi connectivity index (χ1n) is 10.9. The van der Waals surface area contributed by atoms with Crippen LogP contribution in [0.15, 0.2) is 35.3 Å². The number of aromatic nitrogens is 2. The van der Waals surface area contributed by atoms with Crippen molar-refractivity contribution in [3.05, 3.63) is 47.2 Å². The largest absolute Gasteiger partial charge is 0.353 e. The van der Waals surface area contributed by atoms with Crippen molar-refractivity contribution in [1.29, 1.82) is 0 Å². The molecule has 2 heterocycles. The van der Waals surface area contributed by atoms with Gasteiger partial charge >= 0.3 is 0 Å². The molecule has 4 saturated carbocycles. The topological polar surface area (TPSA) is 43.9 Å². The van der Waals surface area contributed by atoms with E-state index in [-0.39, 0.29) is 5.54 Å². The van der Waals surface area contributed by atoms with Gasteiger partial charge in [0.1, 0.15) is 0 Å². The number of rotatable bonds is 3. The molecule has 4 bridgehead atoms. The standard InChI is InChI=1S/C25H29N3/c1-15-16(2)24(22-10-20-5-3-4-6-21(20)27-22)28-23(15)14-26-25-11-17-7-18(12-25)9-19(8-17)13-25/h3-6,10,14,17-19,27-28H,7-9,11-13H2,1-2H3. The van der Waals surface area contributed by atoms with Crippen LogP contribution in [0.3, 0.4) is 0 Å². The summed E-state index contributed by atoms with van der Waals surface area (Å²) in [5, 5.41) is 1.26. The smallest absolute Gasteiger partial charge is 0.0657 e. The average molecular weight is 372 g/mol. The van der Waals surface area contributed by atoms with Gasteiger partial charge in [-0.15, -0.1) is 0 Å². The van der Waals surface area contributed by atoms with Gasteiger partial charge in [0.15, 0.2) is 0 Å². The van der Waals surface area contributed by atoms with Crippen molar-refractivity contribution in [2.45, 2.75) is 57.9 Å². The fourth-order valence-electron chi connectivity index (χ4n) is 6.74. The number of fused-ring (bicyclic) bond motifs is 1. The van der Waals surface area contributed by atoms with E-state index in [1.807, 2.05) is 0 Å². The Balaban J connectivity index is 1.34. The van der Waals surface area contributed by atoms with E-state index < -0.39 is 0 Å². The quantitative estimate of drug-likeness (QED) is 0.517. The molecule has 2 N–H and O–H groups in total. The first kappa shape index (κ1) is 16.6. The maximum Gasteiger partial charge on any atom is 0.0657 e. The maximum absolute atomic E-state index is 5.27. The number of aromatic amines is 2. The van der Waals surface area contributed by atoms with Crippen LogP contribution in [0.2, 0.25) is 0 Å². The van der Waals surface area contributed by atoms with Crippen molar-refractivity contribution in [3.8, 4) is 11.4 Å². The summed E-state index contributed by atoms with van der Waals surface area (Å²) in [6, 6.07) is 10.7. The molecule has 0 atom stereocenters. The van der Waals surface area contributed by atoms with Gasteiger partial charge in [-0.3, -0.25) is 4.99 Å². The number of H-pyrrole nitrogens is 2. The van der Waals surface area contributed by atoms with Gasteiger partial charge < -0.3 is 9.97 Å². The van der Waals surface area contributed by atoms with E-state index in [1.54, 1.807) is 0 Å². The highest BCUT2D eigenvalue weighted by atomic mass is 14.9. The Morgan fingerprint density at radius 1 is 0.929 bits per heavy atom. The first-order chi connectivity index (χ1) is 13.6. The predicted octanol–water partition coefficient (Wildman–Crippen LogP) is 6.17. The summed E-state index contributed by atoms with van der Waals surface area (Å²) in [5.74, 6) is 2.82. The highest BCUT2D eigenvalue weighted by Gasteiger charge is 2.50. The molecule has 0 radical (unpaired) electrons. The molecule has 4 aliphatic carbocycles. The van der Waals surface area contributed by atoms with Crippen LogP contribution in [0, 0.1) is 31.6 Å². The molecule has 28 heavy (non-hydrogen) atoms. The molecule has 0 saturated heterocycles. The Bertz CT molecular complexity index is 1010. The van der Waals surface area contributed by atoms with Crippen molar-refractivity contribution in [1.82, 2.24) is 9.97 Å². The van der Waals surface area contributed by atoms with Crippen LogP contribution in [0.25, 0.3) is 22.3 Å². The molecule has 4 fully saturated rings. The van der Waals surface area contributed by atoms with Gasteiger partial charge in [-0.2, -0.15) is 0 Å². The zero-order valence-corrected chi connectivity index (χ0v) is 16.9. The van der Waals surface area contributed by atoms with E-state index >= 15 is 0 Å². The van der Waals surface area contributed by atoms with Crippen molar-refractivity contribution in [3.63, 3.8) is 0 Å². The summed E-state index contributed by atoms with van der Waals surface area (Å²) in [6.07, 6.45) is 10.6. The zero-order valence-electron chi connectivity index (χ0n) is 16.9. The van der Waals surface area contributed by atoms with E-state index in [1.165, 1.54) is 71.9 Å². The van der Waals surface area contributed by atoms with Crippen LogP contribution in [0.1, 0.15) is 55.3 Å². The first-order valence-corrected chi connectivity index (χ1v) is 10.9. The molecule has 7 rings (SSSR count). The van der Waals surface area contributed by atoms with Gasteiger partial charge in [0, 0.05) is 17.1 Å².